The highest BCUT2D eigenvalue weighted by molar-refractivity contribution is 6.05. The topological polar surface area (TPSA) is 117 Å². The first-order chi connectivity index (χ1) is 18.0. The Morgan fingerprint density at radius 2 is 1.95 bits per heavy atom. The summed E-state index contributed by atoms with van der Waals surface area (Å²) >= 11 is 0. The predicted molar refractivity (Wildman–Crippen MR) is 137 cm³/mol. The third-order valence-corrected chi connectivity index (χ3v) is 7.82. The van der Waals surface area contributed by atoms with E-state index in [0.717, 1.165) is 49.1 Å². The molecule has 0 saturated carbocycles. The number of hydrogen-bond acceptors (Lipinski definition) is 8. The van der Waals surface area contributed by atoms with Gasteiger partial charge in [0.1, 0.15) is 11.3 Å². The van der Waals surface area contributed by atoms with Gasteiger partial charge in [0.05, 0.1) is 35.5 Å². The number of nitrogens with one attached hydrogen (secondary N) is 1. The first-order valence-electron chi connectivity index (χ1n) is 12.5. The molecule has 3 aromatic rings. The van der Waals surface area contributed by atoms with Crippen LogP contribution < -0.4 is 19.7 Å². The number of carbonyl (C=O) groups is 2. The molecule has 2 N–H and O–H groups in total. The molecule has 3 aliphatic heterocycles. The Balaban J connectivity index is 1.13. The second-order valence-corrected chi connectivity index (χ2v) is 9.95. The van der Waals surface area contributed by atoms with Crippen molar-refractivity contribution in [1.82, 2.24) is 14.9 Å². The zero-order valence-corrected chi connectivity index (χ0v) is 20.6. The van der Waals surface area contributed by atoms with Crippen LogP contribution in [0.1, 0.15) is 30.9 Å². The van der Waals surface area contributed by atoms with Gasteiger partial charge in [-0.2, -0.15) is 0 Å². The molecule has 0 bridgehead atoms. The lowest BCUT2D eigenvalue weighted by atomic mass is 9.77. The van der Waals surface area contributed by atoms with Gasteiger partial charge in [0.15, 0.2) is 6.61 Å². The Hall–Kier alpha value is -3.76. The van der Waals surface area contributed by atoms with E-state index in [2.05, 4.69) is 20.2 Å². The molecule has 192 valence electrons. The third-order valence-electron chi connectivity index (χ3n) is 7.82. The first-order valence-corrected chi connectivity index (χ1v) is 12.5. The van der Waals surface area contributed by atoms with Crippen LogP contribution in [-0.2, 0) is 9.59 Å². The number of amides is 2. The van der Waals surface area contributed by atoms with Crippen molar-refractivity contribution in [2.45, 2.75) is 25.4 Å². The molecule has 2 aromatic heterocycles. The van der Waals surface area contributed by atoms with Gasteiger partial charge in [-0.1, -0.05) is 6.07 Å². The highest BCUT2D eigenvalue weighted by Crippen LogP contribution is 2.44. The van der Waals surface area contributed by atoms with E-state index in [1.165, 1.54) is 0 Å². The number of aliphatic hydroxyl groups excluding tert-OH is 1. The standard InChI is InChI=1S/C27H29N5O5/c1-36-24-5-3-18-25(30-24)20(6-10-28-18)32-13-9-27(26(32)35)7-11-31(12-8-27)15-21(33)17-2-4-22-19(14-17)29-23(34)16-37-22/h2-6,10,14,21,33H,7-9,11-13,15-16H2,1H3,(H,29,34). The van der Waals surface area contributed by atoms with E-state index in [1.54, 1.807) is 31.5 Å². The highest BCUT2D eigenvalue weighted by Gasteiger charge is 2.49. The number of likely N-dealkylation sites (tertiary alicyclic amines) is 1. The molecule has 1 aromatic carbocycles. The lowest BCUT2D eigenvalue weighted by Crippen LogP contribution is -2.45. The number of fused-ring (bicyclic) bond motifs is 2. The van der Waals surface area contributed by atoms with Gasteiger partial charge in [0.25, 0.3) is 5.91 Å². The summed E-state index contributed by atoms with van der Waals surface area (Å²) in [5, 5.41) is 13.7. The maximum absolute atomic E-state index is 13.7. The van der Waals surface area contributed by atoms with Crippen LogP contribution in [0, 0.1) is 5.41 Å². The van der Waals surface area contributed by atoms with Crippen molar-refractivity contribution in [3.8, 4) is 11.6 Å². The van der Waals surface area contributed by atoms with Crippen molar-refractivity contribution in [2.24, 2.45) is 5.41 Å². The fourth-order valence-electron chi connectivity index (χ4n) is 5.66. The highest BCUT2D eigenvalue weighted by atomic mass is 16.5. The Kier molecular flexibility index (Phi) is 5.92. The summed E-state index contributed by atoms with van der Waals surface area (Å²) in [5.74, 6) is 1.03. The number of piperidine rings is 1. The van der Waals surface area contributed by atoms with Crippen molar-refractivity contribution < 1.29 is 24.2 Å². The fourth-order valence-corrected chi connectivity index (χ4v) is 5.66. The van der Waals surface area contributed by atoms with Crippen LogP contribution in [0.5, 0.6) is 11.6 Å². The van der Waals surface area contributed by atoms with Crippen LogP contribution >= 0.6 is 0 Å². The molecule has 1 spiro atoms. The molecule has 37 heavy (non-hydrogen) atoms. The van der Waals surface area contributed by atoms with Crippen molar-refractivity contribution in [1.29, 1.82) is 0 Å². The number of methoxy groups -OCH3 is 1. The minimum absolute atomic E-state index is 0.00265. The molecule has 1 unspecified atom stereocenters. The van der Waals surface area contributed by atoms with Crippen LogP contribution in [0.25, 0.3) is 11.0 Å². The smallest absolute Gasteiger partial charge is 0.262 e. The molecule has 2 saturated heterocycles. The average molecular weight is 504 g/mol. The second kappa shape index (κ2) is 9.28. The van der Waals surface area contributed by atoms with Gasteiger partial charge in [-0.15, -0.1) is 0 Å². The summed E-state index contributed by atoms with van der Waals surface area (Å²) in [5.41, 5.74) is 3.07. The Morgan fingerprint density at radius 3 is 2.76 bits per heavy atom. The lowest BCUT2D eigenvalue weighted by Gasteiger charge is -2.38. The minimum Gasteiger partial charge on any atom is -0.482 e. The Morgan fingerprint density at radius 1 is 1.14 bits per heavy atom. The predicted octanol–water partition coefficient (Wildman–Crippen LogP) is 2.52. The van der Waals surface area contributed by atoms with Gasteiger partial charge in [-0.25, -0.2) is 4.98 Å². The van der Waals surface area contributed by atoms with Gasteiger partial charge < -0.3 is 29.7 Å². The van der Waals surface area contributed by atoms with E-state index in [9.17, 15) is 14.7 Å². The zero-order valence-electron chi connectivity index (χ0n) is 20.6. The molecule has 6 rings (SSSR count). The summed E-state index contributed by atoms with van der Waals surface area (Å²) in [6.45, 7) is 2.56. The zero-order chi connectivity index (χ0) is 25.6. The summed E-state index contributed by atoms with van der Waals surface area (Å²) in [4.78, 5) is 38.4. The molecular formula is C27H29N5O5. The number of nitrogens with zero attached hydrogens (tertiary/aromatic N) is 4. The van der Waals surface area contributed by atoms with Gasteiger partial charge in [-0.05, 0) is 62.2 Å². The summed E-state index contributed by atoms with van der Waals surface area (Å²) in [6, 6.07) is 10.8. The van der Waals surface area contributed by atoms with Crippen LogP contribution in [0.3, 0.4) is 0 Å². The largest absolute Gasteiger partial charge is 0.482 e. The molecule has 2 fully saturated rings. The first kappa shape index (κ1) is 23.6. The number of β-amino-alcohol motifs (C(OH)–C–C–N with tert-alkyl or cyclic N) is 1. The van der Waals surface area contributed by atoms with Gasteiger partial charge >= 0.3 is 0 Å². The van der Waals surface area contributed by atoms with Gasteiger partial charge in [-0.3, -0.25) is 14.6 Å². The number of carbonyl (C=O) groups excluding carboxylic acids is 2. The number of anilines is 2. The maximum Gasteiger partial charge on any atom is 0.262 e. The van der Waals surface area contributed by atoms with Crippen LogP contribution in [-0.4, -0.2) is 71.7 Å². The number of pyridine rings is 2. The van der Waals surface area contributed by atoms with Crippen LogP contribution in [0.15, 0.2) is 42.6 Å². The quantitative estimate of drug-likeness (QED) is 0.546. The number of aliphatic hydroxyl groups is 1. The van der Waals surface area contributed by atoms with Crippen LogP contribution in [0.2, 0.25) is 0 Å². The van der Waals surface area contributed by atoms with Crippen molar-refractivity contribution in [3.63, 3.8) is 0 Å². The number of hydrogen-bond donors (Lipinski definition) is 2. The van der Waals surface area contributed by atoms with Crippen molar-refractivity contribution >= 4 is 34.2 Å². The Bertz CT molecular complexity index is 1370. The molecule has 2 amide bonds. The second-order valence-electron chi connectivity index (χ2n) is 9.95. The van der Waals surface area contributed by atoms with Crippen molar-refractivity contribution in [3.05, 3.63) is 48.2 Å². The molecule has 10 nitrogen and oxygen atoms in total. The molecular weight excluding hydrogens is 474 g/mol. The minimum atomic E-state index is -0.710. The molecule has 0 radical (unpaired) electrons. The SMILES string of the molecule is COc1ccc2nccc(N3CCC4(CCN(CC(O)c5ccc6c(c5)NC(=O)CO6)CC4)C3=O)c2n1. The Labute approximate surface area is 214 Å². The lowest BCUT2D eigenvalue weighted by molar-refractivity contribution is -0.128. The van der Waals surface area contributed by atoms with Gasteiger partial charge in [0, 0.05) is 25.4 Å². The number of benzene rings is 1. The number of rotatable bonds is 5. The third kappa shape index (κ3) is 4.25. The van der Waals surface area contributed by atoms with E-state index in [0.29, 0.717) is 35.9 Å². The molecule has 3 aliphatic rings. The molecule has 10 heteroatoms. The van der Waals surface area contributed by atoms with Crippen molar-refractivity contribution in [2.75, 3.05) is 50.1 Å². The monoisotopic (exact) mass is 503 g/mol. The summed E-state index contributed by atoms with van der Waals surface area (Å²) < 4.78 is 10.7. The van der Waals surface area contributed by atoms with E-state index < -0.39 is 11.5 Å². The maximum atomic E-state index is 13.7. The van der Waals surface area contributed by atoms with E-state index >= 15 is 0 Å². The number of ether oxygens (including phenoxy) is 2. The average Bonchev–Trinajstić information content (AvgIpc) is 3.23. The van der Waals surface area contributed by atoms with E-state index in [-0.39, 0.29) is 18.4 Å². The van der Waals surface area contributed by atoms with Gasteiger partial charge in [0.2, 0.25) is 11.8 Å². The normalized spacial score (nSPS) is 20.0. The molecule has 0 aliphatic carbocycles. The summed E-state index contributed by atoms with van der Waals surface area (Å²) in [7, 11) is 1.57. The van der Waals surface area contributed by atoms with E-state index in [4.69, 9.17) is 9.47 Å². The number of aromatic nitrogens is 2. The van der Waals surface area contributed by atoms with Crippen LogP contribution in [0.4, 0.5) is 11.4 Å². The fraction of sp³-hybridized carbons (Fsp3) is 0.407. The van der Waals surface area contributed by atoms with E-state index in [1.807, 2.05) is 23.1 Å². The summed E-state index contributed by atoms with van der Waals surface area (Å²) in [6.07, 6.45) is 3.27. The molecule has 1 atom stereocenters. The molecule has 5 heterocycles.